The third-order valence-electron chi connectivity index (χ3n) is 4.44. The Morgan fingerprint density at radius 2 is 2.08 bits per heavy atom. The maximum Gasteiger partial charge on any atom is 0.226 e. The van der Waals surface area contributed by atoms with Crippen LogP contribution in [0.4, 0.5) is 10.1 Å². The normalized spacial score (nSPS) is 15.3. The van der Waals surface area contributed by atoms with Gasteiger partial charge in [-0.25, -0.2) is 4.39 Å². The summed E-state index contributed by atoms with van der Waals surface area (Å²) in [6, 6.07) is 6.74. The predicted molar refractivity (Wildman–Crippen MR) is 91.5 cm³/mol. The van der Waals surface area contributed by atoms with E-state index >= 15 is 0 Å². The van der Waals surface area contributed by atoms with E-state index < -0.39 is 5.82 Å². The Morgan fingerprint density at radius 3 is 2.80 bits per heavy atom. The lowest BCUT2D eigenvalue weighted by molar-refractivity contribution is 0.240. The highest BCUT2D eigenvalue weighted by Crippen LogP contribution is 2.24. The van der Waals surface area contributed by atoms with Gasteiger partial charge in [0, 0.05) is 32.6 Å². The molecule has 25 heavy (non-hydrogen) atoms. The van der Waals surface area contributed by atoms with Crippen LogP contribution in [0, 0.1) is 17.1 Å². The SMILES string of the molecule is CCCCc1nc(CN2CCN(c3cccc(F)c3C#N)CC2)no1. The number of halogens is 1. The minimum absolute atomic E-state index is 0.120. The van der Waals surface area contributed by atoms with Gasteiger partial charge in [-0.2, -0.15) is 10.2 Å². The zero-order valence-electron chi connectivity index (χ0n) is 14.4. The minimum atomic E-state index is -0.464. The highest BCUT2D eigenvalue weighted by atomic mass is 19.1. The molecule has 1 aliphatic rings. The average molecular weight is 343 g/mol. The van der Waals surface area contributed by atoms with E-state index in [9.17, 15) is 9.65 Å². The van der Waals surface area contributed by atoms with Gasteiger partial charge >= 0.3 is 0 Å². The maximum absolute atomic E-state index is 13.8. The van der Waals surface area contributed by atoms with Gasteiger partial charge in [0.15, 0.2) is 5.82 Å². The van der Waals surface area contributed by atoms with Crippen molar-refractivity contribution >= 4 is 5.69 Å². The van der Waals surface area contributed by atoms with Crippen LogP contribution in [0.3, 0.4) is 0 Å². The number of nitrogens with zero attached hydrogens (tertiary/aromatic N) is 5. The van der Waals surface area contributed by atoms with Crippen molar-refractivity contribution in [1.29, 1.82) is 5.26 Å². The lowest BCUT2D eigenvalue weighted by atomic mass is 10.1. The van der Waals surface area contributed by atoms with Crippen molar-refractivity contribution in [3.63, 3.8) is 0 Å². The molecule has 1 saturated heterocycles. The van der Waals surface area contributed by atoms with Gasteiger partial charge < -0.3 is 9.42 Å². The van der Waals surface area contributed by atoms with Crippen LogP contribution >= 0.6 is 0 Å². The lowest BCUT2D eigenvalue weighted by Crippen LogP contribution is -2.46. The van der Waals surface area contributed by atoms with Gasteiger partial charge in [-0.15, -0.1) is 0 Å². The van der Waals surface area contributed by atoms with E-state index in [0.717, 1.165) is 45.4 Å². The first kappa shape index (κ1) is 17.4. The Labute approximate surface area is 146 Å². The quantitative estimate of drug-likeness (QED) is 0.803. The van der Waals surface area contributed by atoms with Crippen LogP contribution in [0.15, 0.2) is 22.7 Å². The molecule has 1 aliphatic heterocycles. The Hall–Kier alpha value is -2.46. The number of benzene rings is 1. The molecular weight excluding hydrogens is 321 g/mol. The number of aryl methyl sites for hydroxylation is 1. The zero-order valence-corrected chi connectivity index (χ0v) is 14.4. The summed E-state index contributed by atoms with van der Waals surface area (Å²) in [5, 5.41) is 13.2. The van der Waals surface area contributed by atoms with Crippen molar-refractivity contribution < 1.29 is 8.91 Å². The van der Waals surface area contributed by atoms with E-state index in [4.69, 9.17) is 4.52 Å². The summed E-state index contributed by atoms with van der Waals surface area (Å²) in [5.41, 5.74) is 0.790. The first-order valence-corrected chi connectivity index (χ1v) is 8.68. The molecule has 2 heterocycles. The number of nitriles is 1. The molecule has 0 N–H and O–H groups in total. The van der Waals surface area contributed by atoms with E-state index in [1.165, 1.54) is 6.07 Å². The van der Waals surface area contributed by atoms with Crippen molar-refractivity contribution in [2.24, 2.45) is 0 Å². The maximum atomic E-state index is 13.8. The molecule has 1 fully saturated rings. The van der Waals surface area contributed by atoms with E-state index in [-0.39, 0.29) is 5.56 Å². The second-order valence-corrected chi connectivity index (χ2v) is 6.22. The molecule has 0 unspecified atom stereocenters. The molecule has 0 bridgehead atoms. The number of piperazine rings is 1. The number of rotatable bonds is 6. The van der Waals surface area contributed by atoms with Crippen LogP contribution in [0.5, 0.6) is 0 Å². The summed E-state index contributed by atoms with van der Waals surface area (Å²) < 4.78 is 19.0. The predicted octanol–water partition coefficient (Wildman–Crippen LogP) is 2.75. The lowest BCUT2D eigenvalue weighted by Gasteiger charge is -2.35. The number of hydrogen-bond acceptors (Lipinski definition) is 6. The molecule has 132 valence electrons. The Balaban J connectivity index is 1.56. The molecule has 1 aromatic heterocycles. The monoisotopic (exact) mass is 343 g/mol. The first-order chi connectivity index (χ1) is 12.2. The van der Waals surface area contributed by atoms with Crippen LogP contribution < -0.4 is 4.90 Å². The van der Waals surface area contributed by atoms with Gasteiger partial charge in [-0.3, -0.25) is 4.90 Å². The molecule has 0 aliphatic carbocycles. The highest BCUT2D eigenvalue weighted by Gasteiger charge is 2.22. The summed E-state index contributed by atoms with van der Waals surface area (Å²) in [6.45, 7) is 5.86. The Morgan fingerprint density at radius 1 is 1.28 bits per heavy atom. The first-order valence-electron chi connectivity index (χ1n) is 8.68. The fourth-order valence-electron chi connectivity index (χ4n) is 3.02. The van der Waals surface area contributed by atoms with E-state index in [0.29, 0.717) is 23.9 Å². The third-order valence-corrected chi connectivity index (χ3v) is 4.44. The van der Waals surface area contributed by atoms with Crippen molar-refractivity contribution in [2.45, 2.75) is 32.7 Å². The van der Waals surface area contributed by atoms with Crippen molar-refractivity contribution in [1.82, 2.24) is 15.0 Å². The molecule has 2 aromatic rings. The fraction of sp³-hybridized carbons (Fsp3) is 0.500. The average Bonchev–Trinajstić information content (AvgIpc) is 3.08. The molecule has 0 saturated carbocycles. The van der Waals surface area contributed by atoms with E-state index in [1.807, 2.05) is 6.07 Å². The standard InChI is InChI=1S/C18H22FN5O/c1-2-3-7-18-21-17(22-25-18)13-23-8-10-24(11-9-23)16-6-4-5-15(19)14(16)12-20/h4-6H,2-3,7-11,13H2,1H3. The van der Waals surface area contributed by atoms with Gasteiger partial charge in [-0.05, 0) is 18.6 Å². The van der Waals surface area contributed by atoms with Gasteiger partial charge in [0.25, 0.3) is 0 Å². The second-order valence-electron chi connectivity index (χ2n) is 6.22. The molecular formula is C18H22FN5O. The van der Waals surface area contributed by atoms with Crippen LogP contribution in [0.25, 0.3) is 0 Å². The van der Waals surface area contributed by atoms with E-state index in [1.54, 1.807) is 12.1 Å². The van der Waals surface area contributed by atoms with Gasteiger partial charge in [0.1, 0.15) is 17.4 Å². The van der Waals surface area contributed by atoms with Crippen LogP contribution in [-0.4, -0.2) is 41.2 Å². The number of hydrogen-bond donors (Lipinski definition) is 0. The number of aromatic nitrogens is 2. The molecule has 0 atom stereocenters. The number of unbranched alkanes of at least 4 members (excludes halogenated alkanes) is 1. The topological polar surface area (TPSA) is 69.2 Å². The Kier molecular flexibility index (Phi) is 5.61. The van der Waals surface area contributed by atoms with Crippen LogP contribution in [0.1, 0.15) is 37.0 Å². The fourth-order valence-corrected chi connectivity index (χ4v) is 3.02. The van der Waals surface area contributed by atoms with Crippen molar-refractivity contribution in [3.8, 4) is 6.07 Å². The molecule has 1 aromatic carbocycles. The number of anilines is 1. The van der Waals surface area contributed by atoms with Gasteiger partial charge in [0.05, 0.1) is 12.2 Å². The Bertz CT molecular complexity index is 746. The molecule has 0 radical (unpaired) electrons. The molecule has 7 heteroatoms. The summed E-state index contributed by atoms with van der Waals surface area (Å²) in [6.07, 6.45) is 2.98. The van der Waals surface area contributed by atoms with Crippen LogP contribution in [-0.2, 0) is 13.0 Å². The van der Waals surface area contributed by atoms with E-state index in [2.05, 4.69) is 26.9 Å². The molecule has 0 amide bonds. The second kappa shape index (κ2) is 8.08. The highest BCUT2D eigenvalue weighted by molar-refractivity contribution is 5.60. The van der Waals surface area contributed by atoms with Gasteiger partial charge in [0.2, 0.25) is 5.89 Å². The molecule has 6 nitrogen and oxygen atoms in total. The molecule has 3 rings (SSSR count). The van der Waals surface area contributed by atoms with Crippen molar-refractivity contribution in [2.75, 3.05) is 31.1 Å². The summed E-state index contributed by atoms with van der Waals surface area (Å²) in [7, 11) is 0. The van der Waals surface area contributed by atoms with Crippen molar-refractivity contribution in [3.05, 3.63) is 41.3 Å². The van der Waals surface area contributed by atoms with Gasteiger partial charge in [-0.1, -0.05) is 24.6 Å². The summed E-state index contributed by atoms with van der Waals surface area (Å²) >= 11 is 0. The third kappa shape index (κ3) is 4.15. The van der Waals surface area contributed by atoms with Crippen LogP contribution in [0.2, 0.25) is 0 Å². The minimum Gasteiger partial charge on any atom is -0.368 e. The zero-order chi connectivity index (χ0) is 17.6. The summed E-state index contributed by atoms with van der Waals surface area (Å²) in [5.74, 6) is 0.950. The summed E-state index contributed by atoms with van der Waals surface area (Å²) in [4.78, 5) is 8.74. The smallest absolute Gasteiger partial charge is 0.226 e. The largest absolute Gasteiger partial charge is 0.368 e. The molecule has 0 spiro atoms.